The van der Waals surface area contributed by atoms with E-state index >= 15 is 0 Å². The fraction of sp³-hybridized carbons (Fsp3) is 0.333. The Morgan fingerprint density at radius 3 is 2.93 bits per heavy atom. The lowest BCUT2D eigenvalue weighted by Gasteiger charge is -2.07. The average molecular weight is 209 g/mol. The van der Waals surface area contributed by atoms with Gasteiger partial charge in [0.05, 0.1) is 6.61 Å². The van der Waals surface area contributed by atoms with E-state index in [9.17, 15) is 0 Å². The van der Waals surface area contributed by atoms with E-state index in [4.69, 9.17) is 16.3 Å². The highest BCUT2D eigenvalue weighted by molar-refractivity contribution is 6.30. The zero-order chi connectivity index (χ0) is 10.4. The Labute approximate surface area is 90.0 Å². The van der Waals surface area contributed by atoms with Gasteiger partial charge < -0.3 is 4.74 Å². The van der Waals surface area contributed by atoms with Crippen LogP contribution in [-0.2, 0) is 0 Å². The van der Waals surface area contributed by atoms with E-state index in [-0.39, 0.29) is 0 Å². The summed E-state index contributed by atoms with van der Waals surface area (Å²) in [5.41, 5.74) is 1.10. The van der Waals surface area contributed by atoms with Crippen LogP contribution in [0, 0.1) is 18.8 Å². The zero-order valence-corrected chi connectivity index (χ0v) is 9.19. The third kappa shape index (κ3) is 3.32. The lowest BCUT2D eigenvalue weighted by molar-refractivity contribution is 0.325. The molecule has 0 amide bonds. The van der Waals surface area contributed by atoms with Gasteiger partial charge in [-0.25, -0.2) is 0 Å². The van der Waals surface area contributed by atoms with Crippen molar-refractivity contribution in [3.63, 3.8) is 0 Å². The van der Waals surface area contributed by atoms with Crippen LogP contribution >= 0.6 is 11.6 Å². The first-order valence-electron chi connectivity index (χ1n) is 4.52. The number of halogens is 1. The highest BCUT2D eigenvalue weighted by atomic mass is 35.5. The van der Waals surface area contributed by atoms with E-state index < -0.39 is 0 Å². The second-order valence-corrected chi connectivity index (χ2v) is 3.37. The van der Waals surface area contributed by atoms with Crippen molar-refractivity contribution in [3.05, 3.63) is 28.8 Å². The van der Waals surface area contributed by atoms with Crippen LogP contribution in [-0.4, -0.2) is 6.61 Å². The number of ether oxygens (including phenoxy) is 1. The van der Waals surface area contributed by atoms with Gasteiger partial charge in [0.1, 0.15) is 5.75 Å². The molecule has 0 unspecified atom stereocenters. The van der Waals surface area contributed by atoms with Crippen molar-refractivity contribution in [1.82, 2.24) is 0 Å². The summed E-state index contributed by atoms with van der Waals surface area (Å²) in [6.45, 7) is 4.43. The van der Waals surface area contributed by atoms with Gasteiger partial charge in [-0.2, -0.15) is 0 Å². The largest absolute Gasteiger partial charge is 0.492 e. The lowest BCUT2D eigenvalue weighted by Crippen LogP contribution is -1.97. The molecular formula is C12H13ClO. The predicted molar refractivity (Wildman–Crippen MR) is 59.8 cm³/mol. The summed E-state index contributed by atoms with van der Waals surface area (Å²) in [4.78, 5) is 0. The van der Waals surface area contributed by atoms with Crippen LogP contribution in [0.4, 0.5) is 0 Å². The Morgan fingerprint density at radius 1 is 1.43 bits per heavy atom. The van der Waals surface area contributed by atoms with Gasteiger partial charge in [-0.1, -0.05) is 17.7 Å². The molecule has 74 valence electrons. The van der Waals surface area contributed by atoms with Crippen molar-refractivity contribution in [2.24, 2.45) is 0 Å². The summed E-state index contributed by atoms with van der Waals surface area (Å²) >= 11 is 5.85. The molecule has 0 bridgehead atoms. The van der Waals surface area contributed by atoms with Gasteiger partial charge in [0.15, 0.2) is 0 Å². The van der Waals surface area contributed by atoms with Crippen molar-refractivity contribution in [2.45, 2.75) is 20.3 Å². The van der Waals surface area contributed by atoms with E-state index in [2.05, 4.69) is 11.8 Å². The topological polar surface area (TPSA) is 9.23 Å². The maximum absolute atomic E-state index is 5.85. The Kier molecular flexibility index (Phi) is 4.35. The van der Waals surface area contributed by atoms with Crippen molar-refractivity contribution in [1.29, 1.82) is 0 Å². The predicted octanol–water partition coefficient (Wildman–Crippen LogP) is 3.44. The van der Waals surface area contributed by atoms with E-state index in [0.717, 1.165) is 17.7 Å². The van der Waals surface area contributed by atoms with E-state index in [1.807, 2.05) is 32.0 Å². The molecule has 0 aliphatic carbocycles. The minimum Gasteiger partial charge on any atom is -0.492 e. The molecule has 0 saturated heterocycles. The molecule has 2 heteroatoms. The second kappa shape index (κ2) is 5.57. The zero-order valence-electron chi connectivity index (χ0n) is 8.43. The molecule has 1 aromatic carbocycles. The molecule has 0 aliphatic rings. The molecule has 0 atom stereocenters. The van der Waals surface area contributed by atoms with Crippen LogP contribution in [0.5, 0.6) is 5.75 Å². The van der Waals surface area contributed by atoms with E-state index in [0.29, 0.717) is 11.6 Å². The molecule has 0 N–H and O–H groups in total. The highest BCUT2D eigenvalue weighted by Gasteiger charge is 1.99. The van der Waals surface area contributed by atoms with Crippen molar-refractivity contribution >= 4 is 11.6 Å². The van der Waals surface area contributed by atoms with Crippen LogP contribution in [0.1, 0.15) is 18.9 Å². The van der Waals surface area contributed by atoms with Crippen molar-refractivity contribution in [2.75, 3.05) is 6.61 Å². The molecule has 1 nitrogen and oxygen atoms in total. The van der Waals surface area contributed by atoms with E-state index in [1.165, 1.54) is 0 Å². The van der Waals surface area contributed by atoms with Gasteiger partial charge in [0.25, 0.3) is 0 Å². The first-order valence-corrected chi connectivity index (χ1v) is 4.90. The SMILES string of the molecule is CC#CCCOc1cc(Cl)ccc1C. The third-order valence-corrected chi connectivity index (χ3v) is 2.05. The van der Waals surface area contributed by atoms with Gasteiger partial charge in [-0.3, -0.25) is 0 Å². The summed E-state index contributed by atoms with van der Waals surface area (Å²) < 4.78 is 5.53. The van der Waals surface area contributed by atoms with E-state index in [1.54, 1.807) is 0 Å². The quantitative estimate of drug-likeness (QED) is 0.546. The molecule has 0 radical (unpaired) electrons. The highest BCUT2D eigenvalue weighted by Crippen LogP contribution is 2.22. The molecule has 14 heavy (non-hydrogen) atoms. The van der Waals surface area contributed by atoms with Gasteiger partial charge >= 0.3 is 0 Å². The van der Waals surface area contributed by atoms with Crippen LogP contribution in [0.3, 0.4) is 0 Å². The molecule has 0 saturated carbocycles. The number of benzene rings is 1. The van der Waals surface area contributed by atoms with Crippen molar-refractivity contribution in [3.8, 4) is 17.6 Å². The number of rotatable bonds is 3. The monoisotopic (exact) mass is 208 g/mol. The summed E-state index contributed by atoms with van der Waals surface area (Å²) in [5.74, 6) is 6.61. The minimum atomic E-state index is 0.613. The Bertz CT molecular complexity index is 360. The maximum atomic E-state index is 5.85. The first-order chi connectivity index (χ1) is 6.74. The van der Waals surface area contributed by atoms with Gasteiger partial charge in [-0.05, 0) is 31.5 Å². The molecule has 0 fully saturated rings. The smallest absolute Gasteiger partial charge is 0.123 e. The van der Waals surface area contributed by atoms with Crippen LogP contribution in [0.2, 0.25) is 5.02 Å². The summed E-state index contributed by atoms with van der Waals surface area (Å²) in [6, 6.07) is 5.63. The third-order valence-electron chi connectivity index (χ3n) is 1.81. The molecule has 0 spiro atoms. The van der Waals surface area contributed by atoms with Gasteiger partial charge in [-0.15, -0.1) is 11.8 Å². The second-order valence-electron chi connectivity index (χ2n) is 2.94. The molecule has 0 aliphatic heterocycles. The molecule has 1 rings (SSSR count). The standard InChI is InChI=1S/C12H13ClO/c1-3-4-5-8-14-12-9-11(13)7-6-10(12)2/h6-7,9H,5,8H2,1-2H3. The molecule has 0 aromatic heterocycles. The molecule has 1 aromatic rings. The van der Waals surface area contributed by atoms with Crippen LogP contribution < -0.4 is 4.74 Å². The molecular weight excluding hydrogens is 196 g/mol. The summed E-state index contributed by atoms with van der Waals surface area (Å²) in [7, 11) is 0. The summed E-state index contributed by atoms with van der Waals surface area (Å²) in [5, 5.41) is 0.701. The Balaban J connectivity index is 2.56. The molecule has 0 heterocycles. The number of hydrogen-bond acceptors (Lipinski definition) is 1. The van der Waals surface area contributed by atoms with Gasteiger partial charge in [0, 0.05) is 11.4 Å². The Hall–Kier alpha value is -1.13. The fourth-order valence-electron chi connectivity index (χ4n) is 1.07. The maximum Gasteiger partial charge on any atom is 0.123 e. The van der Waals surface area contributed by atoms with Crippen LogP contribution in [0.15, 0.2) is 18.2 Å². The van der Waals surface area contributed by atoms with Gasteiger partial charge in [0.2, 0.25) is 0 Å². The Morgan fingerprint density at radius 2 is 2.21 bits per heavy atom. The number of hydrogen-bond donors (Lipinski definition) is 0. The first kappa shape index (κ1) is 10.9. The van der Waals surface area contributed by atoms with Crippen LogP contribution in [0.25, 0.3) is 0 Å². The normalized spacial score (nSPS) is 9.07. The number of aryl methyl sites for hydroxylation is 1. The fourth-order valence-corrected chi connectivity index (χ4v) is 1.23. The minimum absolute atomic E-state index is 0.613. The lowest BCUT2D eigenvalue weighted by atomic mass is 10.2. The average Bonchev–Trinajstić information content (AvgIpc) is 2.18. The van der Waals surface area contributed by atoms with Crippen molar-refractivity contribution < 1.29 is 4.74 Å². The summed E-state index contributed by atoms with van der Waals surface area (Å²) in [6.07, 6.45) is 0.752.